The van der Waals surface area contributed by atoms with E-state index in [-0.39, 0.29) is 16.7 Å². The fourth-order valence-corrected chi connectivity index (χ4v) is 1.97. The van der Waals surface area contributed by atoms with Gasteiger partial charge < -0.3 is 10.4 Å². The van der Waals surface area contributed by atoms with E-state index in [1.54, 1.807) is 24.3 Å². The summed E-state index contributed by atoms with van der Waals surface area (Å²) in [4.78, 5) is 12.3. The average molecular weight is 263 g/mol. The zero-order valence-corrected chi connectivity index (χ0v) is 10.1. The van der Waals surface area contributed by atoms with Gasteiger partial charge in [-0.25, -0.2) is 4.39 Å². The lowest BCUT2D eigenvalue weighted by Gasteiger charge is -2.05. The molecule has 0 aromatic heterocycles. The van der Waals surface area contributed by atoms with Crippen molar-refractivity contribution in [3.63, 3.8) is 0 Å². The normalized spacial score (nSPS) is 10.1. The summed E-state index contributed by atoms with van der Waals surface area (Å²) in [5.41, 5.74) is 0.147. The van der Waals surface area contributed by atoms with Gasteiger partial charge in [0.15, 0.2) is 0 Å². The molecule has 0 saturated carbocycles. The van der Waals surface area contributed by atoms with Gasteiger partial charge >= 0.3 is 0 Å². The van der Waals surface area contributed by atoms with Crippen molar-refractivity contribution in [3.8, 4) is 5.75 Å². The maximum Gasteiger partial charge on any atom is 0.288 e. The molecule has 0 heterocycles. The van der Waals surface area contributed by atoms with Gasteiger partial charge in [-0.3, -0.25) is 4.79 Å². The third-order valence-electron chi connectivity index (χ3n) is 2.16. The number of anilines is 1. The van der Waals surface area contributed by atoms with E-state index in [2.05, 4.69) is 5.32 Å². The number of thioether (sulfide) groups is 1. The molecule has 92 valence electrons. The number of benzene rings is 2. The second-order valence-electron chi connectivity index (χ2n) is 3.49. The smallest absolute Gasteiger partial charge is 0.288 e. The van der Waals surface area contributed by atoms with Crippen molar-refractivity contribution in [3.05, 3.63) is 54.3 Å². The quantitative estimate of drug-likeness (QED) is 0.809. The van der Waals surface area contributed by atoms with Crippen LogP contribution in [0.4, 0.5) is 14.9 Å². The molecule has 2 N–H and O–H groups in total. The average Bonchev–Trinajstić information content (AvgIpc) is 2.35. The van der Waals surface area contributed by atoms with Crippen LogP contribution in [-0.2, 0) is 0 Å². The standard InChI is InChI=1S/C13H10FNO2S/c14-11-3-1-2-4-12(11)15-13(17)18-10-7-5-9(16)6-8-10/h1-8,16H,(H,15,17). The van der Waals surface area contributed by atoms with Gasteiger partial charge in [0.05, 0.1) is 5.69 Å². The molecule has 3 nitrogen and oxygen atoms in total. The van der Waals surface area contributed by atoms with Gasteiger partial charge in [-0.1, -0.05) is 12.1 Å². The molecule has 0 aliphatic rings. The van der Waals surface area contributed by atoms with Gasteiger partial charge in [-0.15, -0.1) is 0 Å². The van der Waals surface area contributed by atoms with Crippen molar-refractivity contribution in [1.29, 1.82) is 0 Å². The van der Waals surface area contributed by atoms with Gasteiger partial charge in [-0.05, 0) is 48.2 Å². The highest BCUT2D eigenvalue weighted by molar-refractivity contribution is 8.13. The number of hydrogen-bond acceptors (Lipinski definition) is 3. The molecular weight excluding hydrogens is 253 g/mol. The molecule has 2 rings (SSSR count). The molecule has 18 heavy (non-hydrogen) atoms. The van der Waals surface area contributed by atoms with Crippen molar-refractivity contribution in [2.45, 2.75) is 4.90 Å². The molecule has 2 aromatic rings. The Labute approximate surface area is 108 Å². The van der Waals surface area contributed by atoms with E-state index in [4.69, 9.17) is 5.11 Å². The largest absolute Gasteiger partial charge is 0.508 e. The maximum atomic E-state index is 13.3. The van der Waals surface area contributed by atoms with Crippen LogP contribution < -0.4 is 5.32 Å². The first-order valence-electron chi connectivity index (χ1n) is 5.17. The SMILES string of the molecule is O=C(Nc1ccccc1F)Sc1ccc(O)cc1. The van der Waals surface area contributed by atoms with Crippen LogP contribution in [0.5, 0.6) is 5.75 Å². The van der Waals surface area contributed by atoms with E-state index in [9.17, 15) is 9.18 Å². The van der Waals surface area contributed by atoms with Crippen LogP contribution in [0.1, 0.15) is 0 Å². The molecule has 0 radical (unpaired) electrons. The van der Waals surface area contributed by atoms with Gasteiger partial charge in [-0.2, -0.15) is 0 Å². The summed E-state index contributed by atoms with van der Waals surface area (Å²) in [5.74, 6) is -0.342. The first-order valence-corrected chi connectivity index (χ1v) is 5.99. The summed E-state index contributed by atoms with van der Waals surface area (Å²) < 4.78 is 13.3. The van der Waals surface area contributed by atoms with Crippen molar-refractivity contribution >= 4 is 22.7 Å². The van der Waals surface area contributed by atoms with Gasteiger partial charge in [0, 0.05) is 4.90 Å². The first kappa shape index (κ1) is 12.4. The highest BCUT2D eigenvalue weighted by Gasteiger charge is 2.07. The van der Waals surface area contributed by atoms with Crippen LogP contribution in [0, 0.1) is 5.82 Å². The monoisotopic (exact) mass is 263 g/mol. The van der Waals surface area contributed by atoms with E-state index in [0.717, 1.165) is 11.8 Å². The first-order chi connectivity index (χ1) is 8.65. The topological polar surface area (TPSA) is 49.3 Å². The van der Waals surface area contributed by atoms with Crippen LogP contribution in [0.25, 0.3) is 0 Å². The molecular formula is C13H10FNO2S. The number of halogens is 1. The van der Waals surface area contributed by atoms with Crippen molar-refractivity contribution in [1.82, 2.24) is 0 Å². The zero-order chi connectivity index (χ0) is 13.0. The zero-order valence-electron chi connectivity index (χ0n) is 9.26. The fraction of sp³-hybridized carbons (Fsp3) is 0. The maximum absolute atomic E-state index is 13.3. The molecule has 1 amide bonds. The van der Waals surface area contributed by atoms with E-state index in [0.29, 0.717) is 4.90 Å². The number of rotatable bonds is 2. The Morgan fingerprint density at radius 2 is 1.78 bits per heavy atom. The fourth-order valence-electron chi connectivity index (χ4n) is 1.32. The number of aromatic hydroxyl groups is 1. The predicted octanol–water partition coefficient (Wildman–Crippen LogP) is 3.86. The van der Waals surface area contributed by atoms with Crippen LogP contribution in [0.3, 0.4) is 0 Å². The second-order valence-corrected chi connectivity index (χ2v) is 4.53. The summed E-state index contributed by atoms with van der Waals surface area (Å²) in [5, 5.41) is 11.2. The minimum atomic E-state index is -0.475. The lowest BCUT2D eigenvalue weighted by molar-refractivity contribution is 0.269. The molecule has 0 bridgehead atoms. The second kappa shape index (κ2) is 5.55. The Kier molecular flexibility index (Phi) is 3.84. The van der Waals surface area contributed by atoms with E-state index < -0.39 is 5.82 Å². The van der Waals surface area contributed by atoms with Crippen molar-refractivity contribution in [2.75, 3.05) is 5.32 Å². The predicted molar refractivity (Wildman–Crippen MR) is 69.4 cm³/mol. The summed E-state index contributed by atoms with van der Waals surface area (Å²) >= 11 is 0.928. The Bertz CT molecular complexity index is 557. The molecule has 0 aliphatic heterocycles. The van der Waals surface area contributed by atoms with E-state index >= 15 is 0 Å². The minimum Gasteiger partial charge on any atom is -0.508 e. The number of carbonyl (C=O) groups excluding carboxylic acids is 1. The lowest BCUT2D eigenvalue weighted by Crippen LogP contribution is -2.06. The number of para-hydroxylation sites is 1. The Morgan fingerprint density at radius 1 is 1.11 bits per heavy atom. The van der Waals surface area contributed by atoms with Crippen LogP contribution >= 0.6 is 11.8 Å². The van der Waals surface area contributed by atoms with Crippen LogP contribution in [-0.4, -0.2) is 10.3 Å². The molecule has 0 saturated heterocycles. The number of phenols is 1. The van der Waals surface area contributed by atoms with E-state index in [1.807, 2.05) is 0 Å². The molecule has 5 heteroatoms. The van der Waals surface area contributed by atoms with Gasteiger partial charge in [0.2, 0.25) is 0 Å². The van der Waals surface area contributed by atoms with Crippen molar-refractivity contribution < 1.29 is 14.3 Å². The molecule has 0 unspecified atom stereocenters. The highest BCUT2D eigenvalue weighted by atomic mass is 32.2. The number of carbonyl (C=O) groups is 1. The van der Waals surface area contributed by atoms with E-state index in [1.165, 1.54) is 24.3 Å². The number of hydrogen-bond donors (Lipinski definition) is 2. The summed E-state index contributed by atoms with van der Waals surface area (Å²) in [6.07, 6.45) is 0. The molecule has 0 spiro atoms. The molecule has 0 fully saturated rings. The van der Waals surface area contributed by atoms with Gasteiger partial charge in [0.25, 0.3) is 5.24 Å². The third-order valence-corrected chi connectivity index (χ3v) is 2.95. The number of phenolic OH excluding ortho intramolecular Hbond substituents is 1. The van der Waals surface area contributed by atoms with Crippen molar-refractivity contribution in [2.24, 2.45) is 0 Å². The van der Waals surface area contributed by atoms with Crippen LogP contribution in [0.15, 0.2) is 53.4 Å². The molecule has 2 aromatic carbocycles. The Balaban J connectivity index is 2.01. The highest BCUT2D eigenvalue weighted by Crippen LogP contribution is 2.23. The lowest BCUT2D eigenvalue weighted by atomic mass is 10.3. The number of amides is 1. The minimum absolute atomic E-state index is 0.133. The number of nitrogens with one attached hydrogen (secondary N) is 1. The summed E-state index contributed by atoms with van der Waals surface area (Å²) in [7, 11) is 0. The third kappa shape index (κ3) is 3.24. The Morgan fingerprint density at radius 3 is 2.44 bits per heavy atom. The Hall–Kier alpha value is -2.01. The van der Waals surface area contributed by atoms with Crippen LogP contribution in [0.2, 0.25) is 0 Å². The summed E-state index contributed by atoms with van der Waals surface area (Å²) in [6.45, 7) is 0. The molecule has 0 aliphatic carbocycles. The summed E-state index contributed by atoms with van der Waals surface area (Å²) in [6, 6.07) is 12.2. The van der Waals surface area contributed by atoms with Gasteiger partial charge in [0.1, 0.15) is 11.6 Å². The molecule has 0 atom stereocenters.